The largest absolute Gasteiger partial charge is 0.490 e. The van der Waals surface area contributed by atoms with Crippen LogP contribution in [0.2, 0.25) is 0 Å². The Morgan fingerprint density at radius 3 is 2.56 bits per heavy atom. The lowest BCUT2D eigenvalue weighted by molar-refractivity contribution is -0.145. The molecule has 1 heterocycles. The van der Waals surface area contributed by atoms with Gasteiger partial charge in [-0.1, -0.05) is 18.2 Å². The summed E-state index contributed by atoms with van der Waals surface area (Å²) in [5.74, 6) is -0.310. The maximum Gasteiger partial charge on any atom is 0.407 e. The number of rotatable bonds is 13. The Hall–Kier alpha value is -4.06. The van der Waals surface area contributed by atoms with E-state index in [1.165, 1.54) is 6.21 Å². The molecule has 1 aromatic heterocycles. The molecule has 1 atom stereocenters. The molecule has 0 saturated heterocycles. The topological polar surface area (TPSA) is 140 Å². The predicted octanol–water partition coefficient (Wildman–Crippen LogP) is 4.08. The molecule has 2 amide bonds. The first-order valence-corrected chi connectivity index (χ1v) is 13.2. The summed E-state index contributed by atoms with van der Waals surface area (Å²) in [5.41, 5.74) is 4.84. The van der Waals surface area contributed by atoms with Crippen molar-refractivity contribution in [3.63, 3.8) is 0 Å². The number of alkyl carbamates (subject to hydrolysis) is 1. The highest BCUT2D eigenvalue weighted by molar-refractivity contribution is 9.10. The molecular formula is C27H31BrN4O7. The molecule has 0 saturated carbocycles. The maximum atomic E-state index is 13.0. The second-order valence-corrected chi connectivity index (χ2v) is 8.93. The van der Waals surface area contributed by atoms with Gasteiger partial charge in [-0.15, -0.1) is 0 Å². The minimum atomic E-state index is -0.940. The Balaban J connectivity index is 1.74. The predicted molar refractivity (Wildman–Crippen MR) is 149 cm³/mol. The van der Waals surface area contributed by atoms with Crippen LogP contribution in [0.25, 0.3) is 10.9 Å². The number of benzene rings is 2. The van der Waals surface area contributed by atoms with Gasteiger partial charge in [-0.05, 0) is 66.0 Å². The average Bonchev–Trinajstić information content (AvgIpc) is 3.31. The highest BCUT2D eigenvalue weighted by Gasteiger charge is 2.23. The van der Waals surface area contributed by atoms with Crippen molar-refractivity contribution < 1.29 is 33.3 Å². The summed E-state index contributed by atoms with van der Waals surface area (Å²) in [7, 11) is 0. The Labute approximate surface area is 234 Å². The van der Waals surface area contributed by atoms with E-state index in [1.54, 1.807) is 32.2 Å². The van der Waals surface area contributed by atoms with E-state index in [4.69, 9.17) is 18.9 Å². The number of nitrogens with zero attached hydrogens (tertiary/aromatic N) is 1. The van der Waals surface area contributed by atoms with Gasteiger partial charge in [0.05, 0.1) is 30.5 Å². The number of aromatic nitrogens is 1. The fourth-order valence-electron chi connectivity index (χ4n) is 3.69. The van der Waals surface area contributed by atoms with E-state index >= 15 is 0 Å². The van der Waals surface area contributed by atoms with Gasteiger partial charge in [0.1, 0.15) is 6.04 Å². The molecular weight excluding hydrogens is 572 g/mol. The molecule has 12 heteroatoms. The van der Waals surface area contributed by atoms with Crippen molar-refractivity contribution in [3.05, 3.63) is 58.2 Å². The van der Waals surface area contributed by atoms with Crippen molar-refractivity contribution in [1.29, 1.82) is 0 Å². The molecule has 39 heavy (non-hydrogen) atoms. The first-order valence-electron chi connectivity index (χ1n) is 12.4. The Bertz CT molecular complexity index is 1320. The molecule has 0 radical (unpaired) electrons. The third kappa shape index (κ3) is 8.47. The number of H-pyrrole nitrogens is 1. The molecule has 3 aromatic rings. The zero-order chi connectivity index (χ0) is 28.2. The van der Waals surface area contributed by atoms with Crippen LogP contribution in [0.3, 0.4) is 0 Å². The molecule has 3 rings (SSSR count). The summed E-state index contributed by atoms with van der Waals surface area (Å²) in [6, 6.07) is 10.1. The first kappa shape index (κ1) is 29.5. The van der Waals surface area contributed by atoms with E-state index in [1.807, 2.05) is 31.2 Å². The molecule has 2 aromatic carbocycles. The summed E-state index contributed by atoms with van der Waals surface area (Å²) in [5, 5.41) is 7.61. The number of carbonyl (C=O) groups excluding carboxylic acids is 3. The van der Waals surface area contributed by atoms with Gasteiger partial charge in [-0.2, -0.15) is 5.10 Å². The van der Waals surface area contributed by atoms with Crippen molar-refractivity contribution in [2.45, 2.75) is 33.2 Å². The van der Waals surface area contributed by atoms with E-state index in [9.17, 15) is 14.4 Å². The smallest absolute Gasteiger partial charge is 0.407 e. The summed E-state index contributed by atoms with van der Waals surface area (Å²) >= 11 is 3.43. The summed E-state index contributed by atoms with van der Waals surface area (Å²) < 4.78 is 21.6. The lowest BCUT2D eigenvalue weighted by atomic mass is 10.0. The number of para-hydroxylation sites is 1. The van der Waals surface area contributed by atoms with Crippen LogP contribution in [0.1, 0.15) is 31.9 Å². The van der Waals surface area contributed by atoms with Gasteiger partial charge in [0.15, 0.2) is 18.1 Å². The van der Waals surface area contributed by atoms with Crippen LogP contribution in [0, 0.1) is 0 Å². The molecule has 0 aliphatic heterocycles. The molecule has 208 valence electrons. The monoisotopic (exact) mass is 602 g/mol. The fraction of sp³-hybridized carbons (Fsp3) is 0.333. The number of hydrogen-bond acceptors (Lipinski definition) is 8. The molecule has 3 N–H and O–H groups in total. The van der Waals surface area contributed by atoms with Gasteiger partial charge in [-0.3, -0.25) is 4.79 Å². The molecule has 0 unspecified atom stereocenters. The highest BCUT2D eigenvalue weighted by atomic mass is 79.9. The minimum Gasteiger partial charge on any atom is -0.490 e. The van der Waals surface area contributed by atoms with Gasteiger partial charge in [0.2, 0.25) is 0 Å². The van der Waals surface area contributed by atoms with Gasteiger partial charge < -0.3 is 29.2 Å². The van der Waals surface area contributed by atoms with Crippen molar-refractivity contribution >= 4 is 51.0 Å². The van der Waals surface area contributed by atoms with Crippen LogP contribution in [0.4, 0.5) is 4.79 Å². The number of fused-ring (bicyclic) bond motifs is 1. The first-order chi connectivity index (χ1) is 18.9. The lowest BCUT2D eigenvalue weighted by Crippen LogP contribution is -2.47. The summed E-state index contributed by atoms with van der Waals surface area (Å²) in [4.78, 5) is 40.0. The van der Waals surface area contributed by atoms with E-state index in [-0.39, 0.29) is 26.2 Å². The normalized spacial score (nSPS) is 11.7. The summed E-state index contributed by atoms with van der Waals surface area (Å²) in [6.45, 7) is 5.71. The zero-order valence-electron chi connectivity index (χ0n) is 21.9. The molecule has 0 aliphatic rings. The Kier molecular flexibility index (Phi) is 11.2. The van der Waals surface area contributed by atoms with E-state index < -0.39 is 24.0 Å². The minimum absolute atomic E-state index is 0.169. The Morgan fingerprint density at radius 1 is 1.05 bits per heavy atom. The number of amides is 2. The van der Waals surface area contributed by atoms with Crippen LogP contribution in [0.5, 0.6) is 11.5 Å². The van der Waals surface area contributed by atoms with Crippen molar-refractivity contribution in [2.75, 3.05) is 26.4 Å². The van der Waals surface area contributed by atoms with Crippen molar-refractivity contribution in [3.8, 4) is 11.5 Å². The van der Waals surface area contributed by atoms with Crippen molar-refractivity contribution in [1.82, 2.24) is 15.7 Å². The van der Waals surface area contributed by atoms with Crippen LogP contribution in [0.15, 0.2) is 52.2 Å². The van der Waals surface area contributed by atoms with Crippen LogP contribution >= 0.6 is 15.9 Å². The second-order valence-electron chi connectivity index (χ2n) is 8.07. The number of nitrogens with one attached hydrogen (secondary N) is 3. The lowest BCUT2D eigenvalue weighted by Gasteiger charge is -2.16. The average molecular weight is 603 g/mol. The number of hydrazone groups is 1. The van der Waals surface area contributed by atoms with Crippen LogP contribution in [-0.2, 0) is 25.5 Å². The van der Waals surface area contributed by atoms with E-state index in [0.717, 1.165) is 16.5 Å². The number of carbonyl (C=O) groups is 3. The number of ether oxygens (including phenoxy) is 4. The fourth-order valence-corrected chi connectivity index (χ4v) is 4.27. The van der Waals surface area contributed by atoms with Gasteiger partial charge in [0, 0.05) is 23.5 Å². The number of aromatic amines is 1. The second kappa shape index (κ2) is 14.8. The van der Waals surface area contributed by atoms with E-state index in [0.29, 0.717) is 28.1 Å². The van der Waals surface area contributed by atoms with Gasteiger partial charge in [-0.25, -0.2) is 15.0 Å². The summed E-state index contributed by atoms with van der Waals surface area (Å²) in [6.07, 6.45) is 2.74. The van der Waals surface area contributed by atoms with Crippen molar-refractivity contribution in [2.24, 2.45) is 5.10 Å². The Morgan fingerprint density at radius 2 is 1.82 bits per heavy atom. The number of halogens is 1. The number of hydrogen-bond donors (Lipinski definition) is 3. The highest BCUT2D eigenvalue weighted by Crippen LogP contribution is 2.36. The quantitative estimate of drug-likeness (QED) is 0.152. The molecule has 0 bridgehead atoms. The van der Waals surface area contributed by atoms with Gasteiger partial charge in [0.25, 0.3) is 5.91 Å². The molecule has 0 spiro atoms. The molecule has 0 aliphatic carbocycles. The SMILES string of the molecule is CCOC(=O)COc1c(Br)cc(/C=N\NC(=O)[C@@H](Cc2c[nH]c3ccccc23)NC(=O)OCC)cc1OCC. The third-order valence-electron chi connectivity index (χ3n) is 5.34. The van der Waals surface area contributed by atoms with Crippen LogP contribution in [-0.4, -0.2) is 61.6 Å². The molecule has 11 nitrogen and oxygen atoms in total. The van der Waals surface area contributed by atoms with E-state index in [2.05, 4.69) is 36.8 Å². The standard InChI is InChI=1S/C27H31BrN4O7/c1-4-36-23-12-17(11-20(28)25(23)39-16-24(33)37-5-2)14-30-32-26(34)22(31-27(35)38-6-3)13-18-15-29-21-10-8-7-9-19(18)21/h7-12,14-15,22,29H,4-6,13,16H2,1-3H3,(H,31,35)(H,32,34)/b30-14-/t22-/m1/s1. The third-order valence-corrected chi connectivity index (χ3v) is 5.93. The van der Waals surface area contributed by atoms with Gasteiger partial charge >= 0.3 is 12.1 Å². The van der Waals surface area contributed by atoms with Crippen LogP contribution < -0.4 is 20.2 Å². The maximum absolute atomic E-state index is 13.0. The zero-order valence-corrected chi connectivity index (χ0v) is 23.5. The molecule has 0 fully saturated rings. The number of esters is 1.